The predicted octanol–water partition coefficient (Wildman–Crippen LogP) is 13.0. The van der Waals surface area contributed by atoms with E-state index in [0.29, 0.717) is 0 Å². The fraction of sp³-hybridized carbons (Fsp3) is 0. The zero-order valence-electron chi connectivity index (χ0n) is 25.3. The van der Waals surface area contributed by atoms with Crippen molar-refractivity contribution in [1.29, 1.82) is 0 Å². The highest BCUT2D eigenvalue weighted by Crippen LogP contribution is 2.46. The molecular formula is C46H30. The van der Waals surface area contributed by atoms with Crippen molar-refractivity contribution >= 4 is 43.1 Å². The van der Waals surface area contributed by atoms with Gasteiger partial charge < -0.3 is 0 Å². The van der Waals surface area contributed by atoms with Crippen molar-refractivity contribution in [3.8, 4) is 44.5 Å². The van der Waals surface area contributed by atoms with Gasteiger partial charge in [-0.25, -0.2) is 0 Å². The summed E-state index contributed by atoms with van der Waals surface area (Å²) in [5.74, 6) is 0. The summed E-state index contributed by atoms with van der Waals surface area (Å²) in [6.45, 7) is 0. The second-order valence-corrected chi connectivity index (χ2v) is 12.0. The average Bonchev–Trinajstić information content (AvgIpc) is 3.13. The van der Waals surface area contributed by atoms with Gasteiger partial charge in [-0.2, -0.15) is 0 Å². The van der Waals surface area contributed by atoms with E-state index in [1.165, 1.54) is 87.6 Å². The zero-order valence-corrected chi connectivity index (χ0v) is 25.3. The van der Waals surface area contributed by atoms with E-state index in [9.17, 15) is 0 Å². The Morgan fingerprint density at radius 3 is 1.28 bits per heavy atom. The van der Waals surface area contributed by atoms with Gasteiger partial charge in [0.2, 0.25) is 0 Å². The lowest BCUT2D eigenvalue weighted by Crippen LogP contribution is -1.92. The highest BCUT2D eigenvalue weighted by atomic mass is 14.2. The summed E-state index contributed by atoms with van der Waals surface area (Å²) < 4.78 is 0. The molecule has 0 radical (unpaired) electrons. The Bertz CT molecular complexity index is 2490. The summed E-state index contributed by atoms with van der Waals surface area (Å²) in [6, 6.07) is 66.5. The van der Waals surface area contributed by atoms with Crippen LogP contribution in [-0.2, 0) is 0 Å². The van der Waals surface area contributed by atoms with Crippen molar-refractivity contribution in [3.63, 3.8) is 0 Å². The molecule has 9 aromatic rings. The van der Waals surface area contributed by atoms with Gasteiger partial charge in [-0.3, -0.25) is 0 Å². The molecule has 46 heavy (non-hydrogen) atoms. The second kappa shape index (κ2) is 10.9. The second-order valence-electron chi connectivity index (χ2n) is 12.0. The topological polar surface area (TPSA) is 0 Å². The first-order valence-corrected chi connectivity index (χ1v) is 15.9. The molecule has 9 aromatic carbocycles. The first kappa shape index (κ1) is 26.4. The first-order chi connectivity index (χ1) is 22.8. The van der Waals surface area contributed by atoms with E-state index in [2.05, 4.69) is 182 Å². The Balaban J connectivity index is 1.28. The third-order valence-electron chi connectivity index (χ3n) is 9.47. The van der Waals surface area contributed by atoms with Gasteiger partial charge in [-0.15, -0.1) is 0 Å². The molecule has 0 amide bonds. The Labute approximate surface area is 268 Å². The molecule has 0 spiro atoms. The van der Waals surface area contributed by atoms with Crippen molar-refractivity contribution < 1.29 is 0 Å². The van der Waals surface area contributed by atoms with Crippen LogP contribution in [0.25, 0.3) is 87.6 Å². The normalized spacial score (nSPS) is 11.5. The SMILES string of the molecule is c1ccc(-c2ccc3ccccc3c2-c2ccc(-c3c4ccccc4c(-c4cccc5ccccc45)c4ccccc34)cc2)cc1. The third-order valence-corrected chi connectivity index (χ3v) is 9.47. The summed E-state index contributed by atoms with van der Waals surface area (Å²) in [7, 11) is 0. The van der Waals surface area contributed by atoms with Gasteiger partial charge in [-0.05, 0) is 87.6 Å². The molecular weight excluding hydrogens is 553 g/mol. The molecule has 0 bridgehead atoms. The number of fused-ring (bicyclic) bond motifs is 4. The van der Waals surface area contributed by atoms with E-state index in [4.69, 9.17) is 0 Å². The molecule has 0 nitrogen and oxygen atoms in total. The molecule has 214 valence electrons. The fourth-order valence-corrected chi connectivity index (χ4v) is 7.42. The molecule has 0 fully saturated rings. The van der Waals surface area contributed by atoms with Gasteiger partial charge in [0, 0.05) is 0 Å². The van der Waals surface area contributed by atoms with Crippen LogP contribution in [-0.4, -0.2) is 0 Å². The molecule has 0 saturated heterocycles. The van der Waals surface area contributed by atoms with Gasteiger partial charge in [0.1, 0.15) is 0 Å². The number of rotatable bonds is 4. The van der Waals surface area contributed by atoms with E-state index in [-0.39, 0.29) is 0 Å². The monoisotopic (exact) mass is 582 g/mol. The molecule has 0 aliphatic carbocycles. The predicted molar refractivity (Wildman–Crippen MR) is 198 cm³/mol. The minimum atomic E-state index is 1.22. The summed E-state index contributed by atoms with van der Waals surface area (Å²) in [4.78, 5) is 0. The smallest absolute Gasteiger partial charge is 0.00201 e. The van der Waals surface area contributed by atoms with Crippen molar-refractivity contribution in [2.24, 2.45) is 0 Å². The van der Waals surface area contributed by atoms with Gasteiger partial charge in [0.25, 0.3) is 0 Å². The van der Waals surface area contributed by atoms with Gasteiger partial charge >= 0.3 is 0 Å². The molecule has 9 rings (SSSR count). The molecule has 0 N–H and O–H groups in total. The Morgan fingerprint density at radius 2 is 0.652 bits per heavy atom. The summed E-state index contributed by atoms with van der Waals surface area (Å²) in [5, 5.41) is 10.2. The van der Waals surface area contributed by atoms with Crippen molar-refractivity contribution in [3.05, 3.63) is 182 Å². The number of hydrogen-bond donors (Lipinski definition) is 0. The van der Waals surface area contributed by atoms with Crippen LogP contribution in [0.2, 0.25) is 0 Å². The highest BCUT2D eigenvalue weighted by molar-refractivity contribution is 6.23. The minimum absolute atomic E-state index is 1.22. The maximum atomic E-state index is 2.32. The van der Waals surface area contributed by atoms with Gasteiger partial charge in [-0.1, -0.05) is 182 Å². The molecule has 0 aromatic heterocycles. The Hall–Kier alpha value is -5.98. The van der Waals surface area contributed by atoms with E-state index < -0.39 is 0 Å². The molecule has 0 heteroatoms. The molecule has 0 unspecified atom stereocenters. The summed E-state index contributed by atoms with van der Waals surface area (Å²) in [5.41, 5.74) is 10.1. The molecule has 0 atom stereocenters. The van der Waals surface area contributed by atoms with Gasteiger partial charge in [0.05, 0.1) is 0 Å². The Morgan fingerprint density at radius 1 is 0.196 bits per heavy atom. The molecule has 0 aliphatic rings. The van der Waals surface area contributed by atoms with E-state index >= 15 is 0 Å². The van der Waals surface area contributed by atoms with Crippen LogP contribution in [0.15, 0.2) is 182 Å². The third kappa shape index (κ3) is 4.23. The Kier molecular flexibility index (Phi) is 6.25. The lowest BCUT2D eigenvalue weighted by molar-refractivity contribution is 1.60. The molecule has 0 aliphatic heterocycles. The molecule has 0 heterocycles. The minimum Gasteiger partial charge on any atom is -0.0622 e. The largest absolute Gasteiger partial charge is 0.0622 e. The first-order valence-electron chi connectivity index (χ1n) is 15.9. The maximum Gasteiger partial charge on any atom is -0.00201 e. The van der Waals surface area contributed by atoms with Crippen LogP contribution in [0.3, 0.4) is 0 Å². The highest BCUT2D eigenvalue weighted by Gasteiger charge is 2.18. The van der Waals surface area contributed by atoms with Crippen LogP contribution < -0.4 is 0 Å². The van der Waals surface area contributed by atoms with Crippen molar-refractivity contribution in [2.75, 3.05) is 0 Å². The maximum absolute atomic E-state index is 2.32. The van der Waals surface area contributed by atoms with Crippen LogP contribution in [0, 0.1) is 0 Å². The van der Waals surface area contributed by atoms with Crippen molar-refractivity contribution in [1.82, 2.24) is 0 Å². The summed E-state index contributed by atoms with van der Waals surface area (Å²) >= 11 is 0. The van der Waals surface area contributed by atoms with Crippen LogP contribution in [0.5, 0.6) is 0 Å². The zero-order chi connectivity index (χ0) is 30.5. The van der Waals surface area contributed by atoms with Crippen LogP contribution in [0.4, 0.5) is 0 Å². The lowest BCUT2D eigenvalue weighted by Gasteiger charge is -2.19. The van der Waals surface area contributed by atoms with Crippen LogP contribution in [0.1, 0.15) is 0 Å². The van der Waals surface area contributed by atoms with Gasteiger partial charge in [0.15, 0.2) is 0 Å². The quantitative estimate of drug-likeness (QED) is 0.181. The van der Waals surface area contributed by atoms with E-state index in [1.807, 2.05) is 0 Å². The lowest BCUT2D eigenvalue weighted by atomic mass is 9.84. The summed E-state index contributed by atoms with van der Waals surface area (Å²) in [6.07, 6.45) is 0. The molecule has 0 saturated carbocycles. The van der Waals surface area contributed by atoms with Crippen molar-refractivity contribution in [2.45, 2.75) is 0 Å². The van der Waals surface area contributed by atoms with E-state index in [1.54, 1.807) is 0 Å². The van der Waals surface area contributed by atoms with Crippen LogP contribution >= 0.6 is 0 Å². The number of benzene rings is 9. The fourth-order valence-electron chi connectivity index (χ4n) is 7.42. The number of hydrogen-bond acceptors (Lipinski definition) is 0. The average molecular weight is 583 g/mol. The standard InChI is InChI=1S/C46H30/c1-2-13-32(14-3-1)38-30-29-33-16-5-7-19-37(33)44(38)34-25-27-35(28-26-34)45-40-20-8-10-22-42(40)46(43-23-11-9-21-41(43)45)39-24-12-17-31-15-4-6-18-36(31)39/h1-30H. The van der Waals surface area contributed by atoms with E-state index in [0.717, 1.165) is 0 Å².